The summed E-state index contributed by atoms with van der Waals surface area (Å²) in [5.74, 6) is 0. The van der Waals surface area contributed by atoms with Crippen molar-refractivity contribution in [3.8, 4) is 0 Å². The Labute approximate surface area is 125 Å². The molecule has 5 nitrogen and oxygen atoms in total. The molecule has 1 heterocycles. The van der Waals surface area contributed by atoms with Crippen LogP contribution >= 0.6 is 11.6 Å². The van der Waals surface area contributed by atoms with Gasteiger partial charge in [0.1, 0.15) is 4.90 Å². The van der Waals surface area contributed by atoms with Gasteiger partial charge in [-0.2, -0.15) is 4.31 Å². The molecule has 1 aliphatic heterocycles. The molecule has 7 heteroatoms. The Balaban J connectivity index is 2.31. The maximum atomic E-state index is 12.7. The summed E-state index contributed by atoms with van der Waals surface area (Å²) >= 11 is 5.89. The Morgan fingerprint density at radius 3 is 2.80 bits per heavy atom. The smallest absolute Gasteiger partial charge is 0.245 e. The van der Waals surface area contributed by atoms with Gasteiger partial charge in [-0.15, -0.1) is 0 Å². The van der Waals surface area contributed by atoms with E-state index in [1.807, 2.05) is 7.05 Å². The first-order chi connectivity index (χ1) is 9.32. The topological polar surface area (TPSA) is 66.6 Å². The number of rotatable bonds is 3. The summed E-state index contributed by atoms with van der Waals surface area (Å²) in [6.07, 6.45) is 1.85. The van der Waals surface area contributed by atoms with Gasteiger partial charge in [0.05, 0.1) is 5.69 Å². The number of nitrogen functional groups attached to an aromatic ring is 1. The van der Waals surface area contributed by atoms with Gasteiger partial charge >= 0.3 is 0 Å². The lowest BCUT2D eigenvalue weighted by atomic mass is 10.1. The minimum Gasteiger partial charge on any atom is -0.398 e. The van der Waals surface area contributed by atoms with E-state index in [9.17, 15) is 8.42 Å². The third-order valence-electron chi connectivity index (χ3n) is 3.75. The van der Waals surface area contributed by atoms with E-state index in [4.69, 9.17) is 17.3 Å². The monoisotopic (exact) mass is 317 g/mol. The van der Waals surface area contributed by atoms with E-state index in [0.717, 1.165) is 25.9 Å². The second-order valence-electron chi connectivity index (χ2n) is 5.26. The van der Waals surface area contributed by atoms with Crippen LogP contribution in [0.4, 0.5) is 5.69 Å². The zero-order chi connectivity index (χ0) is 14.9. The Kier molecular flexibility index (Phi) is 4.59. The molecule has 1 atom stereocenters. The standard InChI is InChI=1S/C13H20ClN3O2S/c1-16-7-3-4-11(9-16)17(2)20(18,19)13-8-10(14)5-6-12(13)15/h5-6,8,11H,3-4,7,9,15H2,1-2H3. The summed E-state index contributed by atoms with van der Waals surface area (Å²) in [4.78, 5) is 2.22. The molecule has 0 spiro atoms. The maximum Gasteiger partial charge on any atom is 0.245 e. The summed E-state index contributed by atoms with van der Waals surface area (Å²) in [5, 5.41) is 0.368. The van der Waals surface area contributed by atoms with Gasteiger partial charge < -0.3 is 10.6 Å². The number of benzene rings is 1. The molecule has 1 aliphatic rings. The van der Waals surface area contributed by atoms with Crippen molar-refractivity contribution < 1.29 is 8.42 Å². The number of sulfonamides is 1. The molecule has 2 rings (SSSR count). The molecule has 1 aromatic carbocycles. The van der Waals surface area contributed by atoms with E-state index in [1.165, 1.54) is 16.4 Å². The molecular weight excluding hydrogens is 298 g/mol. The quantitative estimate of drug-likeness (QED) is 0.861. The number of hydrogen-bond acceptors (Lipinski definition) is 4. The van der Waals surface area contributed by atoms with Crippen LogP contribution in [0, 0.1) is 0 Å². The predicted octanol–water partition coefficient (Wildman–Crippen LogP) is 1.64. The SMILES string of the molecule is CN1CCCC(N(C)S(=O)(=O)c2cc(Cl)ccc2N)C1. The van der Waals surface area contributed by atoms with Crippen molar-refractivity contribution in [1.29, 1.82) is 0 Å². The predicted molar refractivity (Wildman–Crippen MR) is 81.3 cm³/mol. The summed E-state index contributed by atoms with van der Waals surface area (Å²) in [5.41, 5.74) is 6.02. The van der Waals surface area contributed by atoms with Crippen LogP contribution in [0.2, 0.25) is 5.02 Å². The molecule has 1 unspecified atom stereocenters. The normalized spacial score (nSPS) is 21.3. The minimum atomic E-state index is -3.62. The Bertz CT molecular complexity index is 591. The zero-order valence-corrected chi connectivity index (χ0v) is 13.3. The van der Waals surface area contributed by atoms with Crippen molar-refractivity contribution in [2.24, 2.45) is 0 Å². The van der Waals surface area contributed by atoms with Crippen LogP contribution in [0.25, 0.3) is 0 Å². The molecule has 1 aromatic rings. The van der Waals surface area contributed by atoms with Gasteiger partial charge in [-0.05, 0) is 44.6 Å². The Morgan fingerprint density at radius 2 is 2.15 bits per heavy atom. The molecule has 2 N–H and O–H groups in total. The fourth-order valence-corrected chi connectivity index (χ4v) is 4.27. The number of nitrogens with two attached hydrogens (primary N) is 1. The van der Waals surface area contributed by atoms with Gasteiger partial charge in [0.15, 0.2) is 0 Å². The van der Waals surface area contributed by atoms with Crippen molar-refractivity contribution >= 4 is 27.3 Å². The number of nitrogens with zero attached hydrogens (tertiary/aromatic N) is 2. The summed E-state index contributed by atoms with van der Waals surface area (Å²) < 4.78 is 26.8. The lowest BCUT2D eigenvalue weighted by Crippen LogP contribution is -2.47. The van der Waals surface area contributed by atoms with E-state index < -0.39 is 10.0 Å². The third kappa shape index (κ3) is 3.09. The third-order valence-corrected chi connectivity index (χ3v) is 5.95. The highest BCUT2D eigenvalue weighted by Gasteiger charge is 2.31. The van der Waals surface area contributed by atoms with Crippen molar-refractivity contribution in [3.05, 3.63) is 23.2 Å². The highest BCUT2D eigenvalue weighted by Crippen LogP contribution is 2.27. The minimum absolute atomic E-state index is 0.0304. The Morgan fingerprint density at radius 1 is 1.45 bits per heavy atom. The highest BCUT2D eigenvalue weighted by atomic mass is 35.5. The van der Waals surface area contributed by atoms with Crippen molar-refractivity contribution in [2.75, 3.05) is 32.9 Å². The summed E-state index contributed by atoms with van der Waals surface area (Å²) in [7, 11) is -0.00700. The maximum absolute atomic E-state index is 12.7. The molecule has 112 valence electrons. The van der Waals surface area contributed by atoms with Crippen molar-refractivity contribution in [3.63, 3.8) is 0 Å². The molecule has 0 aromatic heterocycles. The average Bonchev–Trinajstić information content (AvgIpc) is 2.40. The van der Waals surface area contributed by atoms with Gasteiger partial charge in [0.25, 0.3) is 0 Å². The summed E-state index contributed by atoms with van der Waals surface area (Å²) in [6, 6.07) is 4.49. The molecule has 0 amide bonds. The lowest BCUT2D eigenvalue weighted by molar-refractivity contribution is 0.187. The molecule has 0 bridgehead atoms. The average molecular weight is 318 g/mol. The molecular formula is C13H20ClN3O2S. The number of halogens is 1. The van der Waals surface area contributed by atoms with Crippen LogP contribution in [-0.2, 0) is 10.0 Å². The van der Waals surface area contributed by atoms with Crippen LogP contribution in [0.3, 0.4) is 0 Å². The lowest BCUT2D eigenvalue weighted by Gasteiger charge is -2.35. The first-order valence-electron chi connectivity index (χ1n) is 6.54. The zero-order valence-electron chi connectivity index (χ0n) is 11.7. The molecule has 20 heavy (non-hydrogen) atoms. The van der Waals surface area contributed by atoms with Crippen molar-refractivity contribution in [1.82, 2.24) is 9.21 Å². The van der Waals surface area contributed by atoms with E-state index >= 15 is 0 Å². The molecule has 1 fully saturated rings. The van der Waals surface area contributed by atoms with E-state index in [2.05, 4.69) is 4.90 Å². The van der Waals surface area contributed by atoms with Gasteiger partial charge in [0.2, 0.25) is 10.0 Å². The van der Waals surface area contributed by atoms with Crippen LogP contribution in [0.5, 0.6) is 0 Å². The number of anilines is 1. The second kappa shape index (κ2) is 5.89. The van der Waals surface area contributed by atoms with Crippen LogP contribution in [0.15, 0.2) is 23.1 Å². The van der Waals surface area contributed by atoms with Crippen LogP contribution in [0.1, 0.15) is 12.8 Å². The van der Waals surface area contributed by atoms with Crippen molar-refractivity contribution in [2.45, 2.75) is 23.8 Å². The number of likely N-dealkylation sites (N-methyl/N-ethyl adjacent to an activating group) is 2. The number of likely N-dealkylation sites (tertiary alicyclic amines) is 1. The Hall–Kier alpha value is -0.820. The van der Waals surface area contributed by atoms with E-state index in [-0.39, 0.29) is 16.6 Å². The molecule has 1 saturated heterocycles. The van der Waals surface area contributed by atoms with Gasteiger partial charge in [-0.3, -0.25) is 0 Å². The second-order valence-corrected chi connectivity index (χ2v) is 7.66. The van der Waals surface area contributed by atoms with E-state index in [0.29, 0.717) is 5.02 Å². The van der Waals surface area contributed by atoms with Gasteiger partial charge in [-0.1, -0.05) is 11.6 Å². The fraction of sp³-hybridized carbons (Fsp3) is 0.538. The van der Waals surface area contributed by atoms with Crippen LogP contribution < -0.4 is 5.73 Å². The molecule has 0 saturated carbocycles. The van der Waals surface area contributed by atoms with Gasteiger partial charge in [-0.25, -0.2) is 8.42 Å². The number of piperidine rings is 1. The fourth-order valence-electron chi connectivity index (χ4n) is 2.52. The van der Waals surface area contributed by atoms with Gasteiger partial charge in [0, 0.05) is 24.7 Å². The van der Waals surface area contributed by atoms with E-state index in [1.54, 1.807) is 13.1 Å². The largest absolute Gasteiger partial charge is 0.398 e. The highest BCUT2D eigenvalue weighted by molar-refractivity contribution is 7.89. The molecule has 0 radical (unpaired) electrons. The van der Waals surface area contributed by atoms with Crippen LogP contribution in [-0.4, -0.2) is 50.8 Å². The summed E-state index contributed by atoms with van der Waals surface area (Å²) in [6.45, 7) is 1.74. The molecule has 0 aliphatic carbocycles. The first kappa shape index (κ1) is 15.6. The number of hydrogen-bond donors (Lipinski definition) is 1. The first-order valence-corrected chi connectivity index (χ1v) is 8.36.